The molecule has 1 aromatic heterocycles. The van der Waals surface area contributed by atoms with E-state index >= 15 is 0 Å². The van der Waals surface area contributed by atoms with Gasteiger partial charge >= 0.3 is 0 Å². The molecule has 0 N–H and O–H groups in total. The molecule has 1 heterocycles. The first-order valence-electron chi connectivity index (χ1n) is 3.78. The quantitative estimate of drug-likeness (QED) is 0.594. The molecule has 0 bridgehead atoms. The molecule has 0 saturated heterocycles. The van der Waals surface area contributed by atoms with Crippen molar-refractivity contribution in [1.82, 2.24) is 9.36 Å². The summed E-state index contributed by atoms with van der Waals surface area (Å²) >= 11 is 0. The summed E-state index contributed by atoms with van der Waals surface area (Å²) < 4.78 is 3.57. The fraction of sp³-hybridized carbons (Fsp3) is 0.625. The van der Waals surface area contributed by atoms with Crippen LogP contribution in [-0.2, 0) is 7.05 Å². The van der Waals surface area contributed by atoms with Crippen molar-refractivity contribution in [3.05, 3.63) is 22.1 Å². The van der Waals surface area contributed by atoms with Gasteiger partial charge in [0.05, 0.1) is 0 Å². The highest BCUT2D eigenvalue weighted by molar-refractivity contribution is 5.02. The molecule has 1 rings (SSSR count). The molecule has 0 aliphatic rings. The lowest BCUT2D eigenvalue weighted by molar-refractivity contribution is 0.443. The van der Waals surface area contributed by atoms with E-state index in [-0.39, 0.29) is 5.56 Å². The molecular weight excluding hydrogens is 140 g/mol. The second-order valence-electron chi connectivity index (χ2n) is 3.11. The Morgan fingerprint density at radius 1 is 1.45 bits per heavy atom. The molecule has 11 heavy (non-hydrogen) atoms. The van der Waals surface area contributed by atoms with Crippen LogP contribution in [0.15, 0.2) is 11.0 Å². The molecule has 0 atom stereocenters. The normalized spacial score (nSPS) is 11.0. The van der Waals surface area contributed by atoms with Crippen LogP contribution in [0.25, 0.3) is 0 Å². The number of aromatic nitrogens is 2. The van der Waals surface area contributed by atoms with Gasteiger partial charge in [-0.3, -0.25) is 14.2 Å². The highest BCUT2D eigenvalue weighted by Gasteiger charge is 2.05. The Labute approximate surface area is 66.2 Å². The molecule has 0 aliphatic carbocycles. The largest absolute Gasteiger partial charge is 0.287 e. The molecule has 0 aliphatic heterocycles. The van der Waals surface area contributed by atoms with Gasteiger partial charge in [0, 0.05) is 24.8 Å². The standard InChI is InChI=1S/C8H14N2O/c1-6(2)10-5-7(3)8(11)9(10)4/h5-6H,1-4H3. The zero-order valence-corrected chi connectivity index (χ0v) is 7.46. The van der Waals surface area contributed by atoms with Gasteiger partial charge in [0.25, 0.3) is 5.56 Å². The molecule has 1 aromatic rings. The average molecular weight is 154 g/mol. The highest BCUT2D eigenvalue weighted by atomic mass is 16.1. The predicted molar refractivity (Wildman–Crippen MR) is 44.8 cm³/mol. The van der Waals surface area contributed by atoms with Crippen LogP contribution in [0.5, 0.6) is 0 Å². The lowest BCUT2D eigenvalue weighted by atomic mass is 10.4. The molecule has 3 heteroatoms. The Morgan fingerprint density at radius 2 is 2.00 bits per heavy atom. The number of aryl methyl sites for hydroxylation is 1. The van der Waals surface area contributed by atoms with Crippen LogP contribution in [0.3, 0.4) is 0 Å². The minimum Gasteiger partial charge on any atom is -0.287 e. The van der Waals surface area contributed by atoms with Crippen LogP contribution in [0.2, 0.25) is 0 Å². The fourth-order valence-electron chi connectivity index (χ4n) is 1.20. The monoisotopic (exact) mass is 154 g/mol. The third-order valence-corrected chi connectivity index (χ3v) is 1.83. The van der Waals surface area contributed by atoms with Crippen molar-refractivity contribution < 1.29 is 0 Å². The molecule has 0 amide bonds. The topological polar surface area (TPSA) is 26.9 Å². The Balaban J connectivity index is 3.30. The van der Waals surface area contributed by atoms with Gasteiger partial charge in [0.1, 0.15) is 0 Å². The average Bonchev–Trinajstić information content (AvgIpc) is 2.17. The summed E-state index contributed by atoms with van der Waals surface area (Å²) in [5, 5.41) is 0. The predicted octanol–water partition coefficient (Wildman–Crippen LogP) is 1.08. The first-order chi connectivity index (χ1) is 5.04. The van der Waals surface area contributed by atoms with Crippen LogP contribution < -0.4 is 5.56 Å². The van der Waals surface area contributed by atoms with Crippen molar-refractivity contribution in [2.75, 3.05) is 0 Å². The van der Waals surface area contributed by atoms with Gasteiger partial charge in [-0.15, -0.1) is 0 Å². The maximum atomic E-state index is 11.2. The molecule has 3 nitrogen and oxygen atoms in total. The summed E-state index contributed by atoms with van der Waals surface area (Å²) in [6.45, 7) is 5.94. The van der Waals surface area contributed by atoms with E-state index in [0.717, 1.165) is 5.56 Å². The number of rotatable bonds is 1. The van der Waals surface area contributed by atoms with E-state index in [1.165, 1.54) is 0 Å². The fourth-order valence-corrected chi connectivity index (χ4v) is 1.20. The molecule has 0 spiro atoms. The van der Waals surface area contributed by atoms with Gasteiger partial charge < -0.3 is 0 Å². The van der Waals surface area contributed by atoms with Gasteiger partial charge in [0.2, 0.25) is 0 Å². The molecule has 0 saturated carbocycles. The molecule has 0 unspecified atom stereocenters. The van der Waals surface area contributed by atoms with E-state index < -0.39 is 0 Å². The highest BCUT2D eigenvalue weighted by Crippen LogP contribution is 2.02. The second kappa shape index (κ2) is 2.57. The summed E-state index contributed by atoms with van der Waals surface area (Å²) in [7, 11) is 1.79. The van der Waals surface area contributed by atoms with Crippen LogP contribution >= 0.6 is 0 Å². The van der Waals surface area contributed by atoms with Gasteiger partial charge in [-0.25, -0.2) is 0 Å². The zero-order valence-electron chi connectivity index (χ0n) is 7.46. The van der Waals surface area contributed by atoms with Crippen molar-refractivity contribution in [1.29, 1.82) is 0 Å². The van der Waals surface area contributed by atoms with E-state index in [0.29, 0.717) is 6.04 Å². The van der Waals surface area contributed by atoms with E-state index in [9.17, 15) is 4.79 Å². The van der Waals surface area contributed by atoms with Crippen molar-refractivity contribution >= 4 is 0 Å². The van der Waals surface area contributed by atoms with Crippen LogP contribution in [0.4, 0.5) is 0 Å². The first kappa shape index (κ1) is 8.11. The summed E-state index contributed by atoms with van der Waals surface area (Å²) in [5.74, 6) is 0. The Kier molecular flexibility index (Phi) is 1.89. The minimum absolute atomic E-state index is 0.0960. The van der Waals surface area contributed by atoms with Gasteiger partial charge in [-0.1, -0.05) is 0 Å². The van der Waals surface area contributed by atoms with E-state index in [2.05, 4.69) is 13.8 Å². The lowest BCUT2D eigenvalue weighted by Crippen LogP contribution is -2.20. The molecule has 62 valence electrons. The SMILES string of the molecule is Cc1cn(C(C)C)n(C)c1=O. The Bertz CT molecular complexity index is 306. The number of hydrogen-bond acceptors (Lipinski definition) is 1. The molecular formula is C8H14N2O. The lowest BCUT2D eigenvalue weighted by Gasteiger charge is -2.09. The van der Waals surface area contributed by atoms with Crippen LogP contribution in [0, 0.1) is 6.92 Å². The van der Waals surface area contributed by atoms with Crippen LogP contribution in [-0.4, -0.2) is 9.36 Å². The summed E-state index contributed by atoms with van der Waals surface area (Å²) in [6, 6.07) is 0.349. The van der Waals surface area contributed by atoms with Crippen molar-refractivity contribution in [2.45, 2.75) is 26.8 Å². The molecule has 0 aromatic carbocycles. The van der Waals surface area contributed by atoms with E-state index in [1.807, 2.05) is 17.8 Å². The summed E-state index contributed by atoms with van der Waals surface area (Å²) in [5.41, 5.74) is 0.903. The third-order valence-electron chi connectivity index (χ3n) is 1.83. The maximum absolute atomic E-state index is 11.2. The molecule has 0 radical (unpaired) electrons. The van der Waals surface area contributed by atoms with Gasteiger partial charge in [-0.2, -0.15) is 0 Å². The zero-order chi connectivity index (χ0) is 8.59. The Hall–Kier alpha value is -0.990. The van der Waals surface area contributed by atoms with Crippen molar-refractivity contribution in [3.8, 4) is 0 Å². The van der Waals surface area contributed by atoms with Gasteiger partial charge in [-0.05, 0) is 20.8 Å². The maximum Gasteiger partial charge on any atom is 0.269 e. The molecule has 0 fully saturated rings. The summed E-state index contributed by atoms with van der Waals surface area (Å²) in [6.07, 6.45) is 1.88. The third kappa shape index (κ3) is 1.23. The number of nitrogens with zero attached hydrogens (tertiary/aromatic N) is 2. The van der Waals surface area contributed by atoms with Gasteiger partial charge in [0.15, 0.2) is 0 Å². The van der Waals surface area contributed by atoms with Crippen LogP contribution in [0.1, 0.15) is 25.5 Å². The minimum atomic E-state index is 0.0960. The van der Waals surface area contributed by atoms with E-state index in [4.69, 9.17) is 0 Å². The van der Waals surface area contributed by atoms with Crippen molar-refractivity contribution in [3.63, 3.8) is 0 Å². The summed E-state index contributed by atoms with van der Waals surface area (Å²) in [4.78, 5) is 11.2. The van der Waals surface area contributed by atoms with Crippen molar-refractivity contribution in [2.24, 2.45) is 7.05 Å². The smallest absolute Gasteiger partial charge is 0.269 e. The second-order valence-corrected chi connectivity index (χ2v) is 3.11. The first-order valence-corrected chi connectivity index (χ1v) is 3.78. The Morgan fingerprint density at radius 3 is 2.18 bits per heavy atom. The number of hydrogen-bond donors (Lipinski definition) is 0. The van der Waals surface area contributed by atoms with E-state index in [1.54, 1.807) is 11.7 Å².